The molecule has 0 spiro atoms. The van der Waals surface area contributed by atoms with Gasteiger partial charge in [0.25, 0.3) is 0 Å². The van der Waals surface area contributed by atoms with Gasteiger partial charge >= 0.3 is 0 Å². The minimum atomic E-state index is -4.41. The van der Waals surface area contributed by atoms with Crippen molar-refractivity contribution in [2.24, 2.45) is 0 Å². The van der Waals surface area contributed by atoms with Crippen LogP contribution < -0.4 is 10.0 Å². The standard InChI is InChI=1S/C11H15F3N2O3S/c1-7(17)6-15-2-3-16-20(18,19)11-9(13)4-8(12)5-10(11)14/h4-5,7,15-17H,2-3,6H2,1H3. The van der Waals surface area contributed by atoms with Gasteiger partial charge in [-0.1, -0.05) is 0 Å². The molecule has 1 atom stereocenters. The lowest BCUT2D eigenvalue weighted by Crippen LogP contribution is -2.35. The minimum absolute atomic E-state index is 0.134. The number of nitrogens with one attached hydrogen (secondary N) is 2. The largest absolute Gasteiger partial charge is 0.392 e. The van der Waals surface area contributed by atoms with Crippen LogP contribution in [0.3, 0.4) is 0 Å². The third-order valence-corrected chi connectivity index (χ3v) is 3.78. The third kappa shape index (κ3) is 4.75. The summed E-state index contributed by atoms with van der Waals surface area (Å²) >= 11 is 0. The lowest BCUT2D eigenvalue weighted by Gasteiger charge is -2.10. The van der Waals surface area contributed by atoms with Gasteiger partial charge in [-0.15, -0.1) is 0 Å². The van der Waals surface area contributed by atoms with Crippen molar-refractivity contribution in [1.29, 1.82) is 0 Å². The van der Waals surface area contributed by atoms with E-state index in [4.69, 9.17) is 5.11 Å². The van der Waals surface area contributed by atoms with E-state index in [0.29, 0.717) is 12.1 Å². The molecule has 0 bridgehead atoms. The summed E-state index contributed by atoms with van der Waals surface area (Å²) in [6, 6.07) is 0.590. The molecule has 0 aromatic heterocycles. The Morgan fingerprint density at radius 1 is 1.20 bits per heavy atom. The summed E-state index contributed by atoms with van der Waals surface area (Å²) in [7, 11) is -4.41. The van der Waals surface area contributed by atoms with Crippen LogP contribution in [0.1, 0.15) is 6.92 Å². The first kappa shape index (κ1) is 16.9. The molecule has 9 heteroatoms. The maximum absolute atomic E-state index is 13.3. The van der Waals surface area contributed by atoms with E-state index in [9.17, 15) is 21.6 Å². The first-order chi connectivity index (χ1) is 9.24. The van der Waals surface area contributed by atoms with Gasteiger partial charge in [0.05, 0.1) is 6.10 Å². The van der Waals surface area contributed by atoms with Gasteiger partial charge in [-0.25, -0.2) is 26.3 Å². The second-order valence-electron chi connectivity index (χ2n) is 4.15. The second-order valence-corrected chi connectivity index (χ2v) is 5.85. The fraction of sp³-hybridized carbons (Fsp3) is 0.455. The molecule has 0 saturated heterocycles. The number of rotatable bonds is 7. The van der Waals surface area contributed by atoms with E-state index in [1.54, 1.807) is 6.92 Å². The monoisotopic (exact) mass is 312 g/mol. The Balaban J connectivity index is 2.70. The fourth-order valence-electron chi connectivity index (χ4n) is 1.44. The van der Waals surface area contributed by atoms with Crippen LogP contribution in [0.5, 0.6) is 0 Å². The fourth-order valence-corrected chi connectivity index (χ4v) is 2.59. The topological polar surface area (TPSA) is 78.4 Å². The summed E-state index contributed by atoms with van der Waals surface area (Å²) in [6.07, 6.45) is -0.599. The number of halogens is 3. The zero-order chi connectivity index (χ0) is 15.3. The Bertz CT molecular complexity index is 541. The van der Waals surface area contributed by atoms with Crippen molar-refractivity contribution in [2.75, 3.05) is 19.6 Å². The summed E-state index contributed by atoms with van der Waals surface area (Å²) in [4.78, 5) is -1.21. The molecule has 0 aliphatic heterocycles. The van der Waals surface area contributed by atoms with E-state index in [0.717, 1.165) is 0 Å². The van der Waals surface area contributed by atoms with Gasteiger partial charge in [0.15, 0.2) is 4.90 Å². The molecule has 0 radical (unpaired) electrons. The summed E-state index contributed by atoms with van der Waals surface area (Å²) < 4.78 is 64.7. The predicted molar refractivity (Wildman–Crippen MR) is 66.1 cm³/mol. The molecule has 0 fully saturated rings. The third-order valence-electron chi connectivity index (χ3n) is 2.27. The molecule has 114 valence electrons. The van der Waals surface area contributed by atoms with Crippen molar-refractivity contribution in [3.63, 3.8) is 0 Å². The van der Waals surface area contributed by atoms with Crippen LogP contribution in [0.4, 0.5) is 13.2 Å². The minimum Gasteiger partial charge on any atom is -0.392 e. The molecule has 1 rings (SSSR count). The molecule has 1 unspecified atom stereocenters. The number of sulfonamides is 1. The smallest absolute Gasteiger partial charge is 0.246 e. The second kappa shape index (κ2) is 7.02. The lowest BCUT2D eigenvalue weighted by atomic mass is 10.3. The molecule has 20 heavy (non-hydrogen) atoms. The van der Waals surface area contributed by atoms with Crippen molar-refractivity contribution >= 4 is 10.0 Å². The van der Waals surface area contributed by atoms with Crippen LogP contribution in [0, 0.1) is 17.5 Å². The van der Waals surface area contributed by atoms with Gasteiger partial charge in [0.2, 0.25) is 10.0 Å². The highest BCUT2D eigenvalue weighted by atomic mass is 32.2. The Kier molecular flexibility index (Phi) is 5.93. The highest BCUT2D eigenvalue weighted by Crippen LogP contribution is 2.19. The lowest BCUT2D eigenvalue weighted by molar-refractivity contribution is 0.192. The normalized spacial score (nSPS) is 13.4. The number of aliphatic hydroxyl groups is 1. The molecule has 1 aromatic rings. The van der Waals surface area contributed by atoms with Crippen molar-refractivity contribution in [1.82, 2.24) is 10.0 Å². The van der Waals surface area contributed by atoms with E-state index in [-0.39, 0.29) is 19.6 Å². The van der Waals surface area contributed by atoms with Crippen LogP contribution in [0.2, 0.25) is 0 Å². The van der Waals surface area contributed by atoms with Gasteiger partial charge < -0.3 is 10.4 Å². The molecule has 0 aliphatic rings. The van der Waals surface area contributed by atoms with Crippen molar-refractivity contribution in [3.8, 4) is 0 Å². The van der Waals surface area contributed by atoms with Crippen LogP contribution in [-0.2, 0) is 10.0 Å². The average Bonchev–Trinajstić information content (AvgIpc) is 2.25. The summed E-state index contributed by atoms with van der Waals surface area (Å²) in [6.45, 7) is 1.82. The number of aliphatic hydroxyl groups excluding tert-OH is 1. The maximum Gasteiger partial charge on any atom is 0.246 e. The van der Waals surface area contributed by atoms with Gasteiger partial charge in [-0.2, -0.15) is 0 Å². The average molecular weight is 312 g/mol. The number of hydrogen-bond acceptors (Lipinski definition) is 4. The molecule has 0 saturated carbocycles. The molecule has 5 nitrogen and oxygen atoms in total. The molecule has 3 N–H and O–H groups in total. The van der Waals surface area contributed by atoms with Crippen LogP contribution in [0.15, 0.2) is 17.0 Å². The van der Waals surface area contributed by atoms with Crippen molar-refractivity contribution in [3.05, 3.63) is 29.6 Å². The first-order valence-electron chi connectivity index (χ1n) is 5.77. The van der Waals surface area contributed by atoms with Crippen LogP contribution in [0.25, 0.3) is 0 Å². The Morgan fingerprint density at radius 3 is 2.25 bits per heavy atom. The van der Waals surface area contributed by atoms with E-state index >= 15 is 0 Å². The number of benzene rings is 1. The van der Waals surface area contributed by atoms with Crippen LogP contribution >= 0.6 is 0 Å². The number of hydrogen-bond donors (Lipinski definition) is 3. The molecule has 0 aliphatic carbocycles. The molecule has 1 aromatic carbocycles. The van der Waals surface area contributed by atoms with E-state index in [1.807, 2.05) is 4.72 Å². The summed E-state index contributed by atoms with van der Waals surface area (Å²) in [5.74, 6) is -4.18. The van der Waals surface area contributed by atoms with E-state index in [1.165, 1.54) is 0 Å². The van der Waals surface area contributed by atoms with Gasteiger partial charge in [-0.3, -0.25) is 0 Å². The zero-order valence-electron chi connectivity index (χ0n) is 10.7. The first-order valence-corrected chi connectivity index (χ1v) is 7.25. The SMILES string of the molecule is CC(O)CNCCNS(=O)(=O)c1c(F)cc(F)cc1F. The quantitative estimate of drug-likeness (QED) is 0.635. The van der Waals surface area contributed by atoms with Gasteiger partial charge in [0.1, 0.15) is 17.5 Å². The maximum atomic E-state index is 13.3. The van der Waals surface area contributed by atoms with E-state index < -0.39 is 38.5 Å². The highest BCUT2D eigenvalue weighted by molar-refractivity contribution is 7.89. The summed E-state index contributed by atoms with van der Waals surface area (Å²) in [5, 5.41) is 11.7. The van der Waals surface area contributed by atoms with Crippen LogP contribution in [-0.4, -0.2) is 39.3 Å². The molecular weight excluding hydrogens is 297 g/mol. The molecule has 0 heterocycles. The van der Waals surface area contributed by atoms with Crippen molar-refractivity contribution in [2.45, 2.75) is 17.9 Å². The Labute approximate surface area is 114 Å². The Hall–Kier alpha value is -1.16. The molecular formula is C11H15F3N2O3S. The van der Waals surface area contributed by atoms with Crippen molar-refractivity contribution < 1.29 is 26.7 Å². The van der Waals surface area contributed by atoms with Gasteiger partial charge in [-0.05, 0) is 6.92 Å². The Morgan fingerprint density at radius 2 is 1.75 bits per heavy atom. The molecule has 0 amide bonds. The van der Waals surface area contributed by atoms with Gasteiger partial charge in [0, 0.05) is 31.8 Å². The highest BCUT2D eigenvalue weighted by Gasteiger charge is 2.24. The summed E-state index contributed by atoms with van der Waals surface area (Å²) in [5.41, 5.74) is 0. The predicted octanol–water partition coefficient (Wildman–Crippen LogP) is 0.353. The zero-order valence-corrected chi connectivity index (χ0v) is 11.5. The van der Waals surface area contributed by atoms with E-state index in [2.05, 4.69) is 5.32 Å².